The van der Waals surface area contributed by atoms with Gasteiger partial charge in [0, 0.05) is 23.9 Å². The summed E-state index contributed by atoms with van der Waals surface area (Å²) in [5, 5.41) is 5.03. The molecule has 1 aliphatic carbocycles. The molecule has 1 N–H and O–H groups in total. The summed E-state index contributed by atoms with van der Waals surface area (Å²) < 4.78 is 37.3. The topological polar surface area (TPSA) is 106 Å². The van der Waals surface area contributed by atoms with Crippen molar-refractivity contribution in [2.24, 2.45) is 11.8 Å². The maximum atomic E-state index is 13.1. The summed E-state index contributed by atoms with van der Waals surface area (Å²) in [6.45, 7) is 2.28. The third-order valence-corrected chi connectivity index (χ3v) is 9.22. The average Bonchev–Trinajstić information content (AvgIpc) is 3.60. The SMILES string of the molecule is CCOC(=O)c1ccc(S(=O)(=O)N2CCC(C(=O)NC(c3cccs3)C3CCCC3)CC2)o1. The van der Waals surface area contributed by atoms with Crippen molar-refractivity contribution in [1.29, 1.82) is 0 Å². The van der Waals surface area contributed by atoms with Crippen LogP contribution in [0.25, 0.3) is 0 Å². The van der Waals surface area contributed by atoms with Gasteiger partial charge in [-0.1, -0.05) is 18.9 Å². The predicted molar refractivity (Wildman–Crippen MR) is 123 cm³/mol. The van der Waals surface area contributed by atoms with Crippen molar-refractivity contribution in [3.63, 3.8) is 0 Å². The summed E-state index contributed by atoms with van der Waals surface area (Å²) in [7, 11) is -3.88. The number of nitrogens with zero attached hydrogens (tertiary/aromatic N) is 1. The molecule has 1 unspecified atom stereocenters. The van der Waals surface area contributed by atoms with Gasteiger partial charge < -0.3 is 14.5 Å². The fraction of sp³-hybridized carbons (Fsp3) is 0.565. The molecule has 180 valence electrons. The molecule has 2 fully saturated rings. The smallest absolute Gasteiger partial charge is 0.374 e. The van der Waals surface area contributed by atoms with Crippen molar-refractivity contribution in [2.45, 2.75) is 56.6 Å². The van der Waals surface area contributed by atoms with Crippen molar-refractivity contribution in [3.8, 4) is 0 Å². The minimum atomic E-state index is -3.88. The number of amides is 1. The maximum Gasteiger partial charge on any atom is 0.374 e. The van der Waals surface area contributed by atoms with Crippen molar-refractivity contribution in [1.82, 2.24) is 9.62 Å². The lowest BCUT2D eigenvalue weighted by atomic mass is 9.93. The number of carbonyl (C=O) groups excluding carboxylic acids is 2. The first-order chi connectivity index (χ1) is 15.9. The molecule has 10 heteroatoms. The van der Waals surface area contributed by atoms with Crippen LogP contribution in [0.1, 0.15) is 66.9 Å². The number of thiophene rings is 1. The molecular formula is C23H30N2O6S2. The predicted octanol–water partition coefficient (Wildman–Crippen LogP) is 3.97. The van der Waals surface area contributed by atoms with Crippen LogP contribution in [0.4, 0.5) is 0 Å². The summed E-state index contributed by atoms with van der Waals surface area (Å²) in [6.07, 6.45) is 5.52. The summed E-state index contributed by atoms with van der Waals surface area (Å²) in [5.41, 5.74) is 0. The van der Waals surface area contributed by atoms with Crippen molar-refractivity contribution in [3.05, 3.63) is 40.3 Å². The number of sulfonamides is 1. The number of nitrogens with one attached hydrogen (secondary N) is 1. The molecule has 1 saturated heterocycles. The van der Waals surface area contributed by atoms with E-state index in [2.05, 4.69) is 11.4 Å². The van der Waals surface area contributed by atoms with Crippen LogP contribution in [0.5, 0.6) is 0 Å². The molecule has 1 saturated carbocycles. The monoisotopic (exact) mass is 494 g/mol. The van der Waals surface area contributed by atoms with E-state index in [1.165, 1.54) is 34.2 Å². The van der Waals surface area contributed by atoms with Crippen LogP contribution < -0.4 is 5.32 Å². The van der Waals surface area contributed by atoms with E-state index >= 15 is 0 Å². The Morgan fingerprint density at radius 2 is 1.91 bits per heavy atom. The van der Waals surface area contributed by atoms with Crippen molar-refractivity contribution < 1.29 is 27.2 Å². The average molecular weight is 495 g/mol. The standard InChI is InChI=1S/C23H30N2O6S2/c1-2-30-23(27)18-9-10-20(31-18)33(28,29)25-13-11-17(12-14-25)22(26)24-21(16-6-3-4-7-16)19-8-5-15-32-19/h5,8-10,15-17,21H,2-4,6-7,11-14H2,1H3,(H,24,26). The van der Waals surface area contributed by atoms with Gasteiger partial charge in [0.2, 0.25) is 16.8 Å². The van der Waals surface area contributed by atoms with E-state index < -0.39 is 16.0 Å². The Morgan fingerprint density at radius 3 is 2.55 bits per heavy atom. The highest BCUT2D eigenvalue weighted by molar-refractivity contribution is 7.89. The van der Waals surface area contributed by atoms with E-state index in [1.807, 2.05) is 11.4 Å². The van der Waals surface area contributed by atoms with Gasteiger partial charge in [-0.05, 0) is 62.1 Å². The second-order valence-electron chi connectivity index (χ2n) is 8.56. The first kappa shape index (κ1) is 24.0. The number of rotatable bonds is 8. The van der Waals surface area contributed by atoms with Crippen LogP contribution in [0.15, 0.2) is 39.2 Å². The van der Waals surface area contributed by atoms with E-state index in [0.29, 0.717) is 18.8 Å². The number of hydrogen-bond acceptors (Lipinski definition) is 7. The first-order valence-electron chi connectivity index (χ1n) is 11.5. The Hall–Kier alpha value is -2.17. The van der Waals surface area contributed by atoms with Gasteiger partial charge >= 0.3 is 5.97 Å². The molecule has 4 rings (SSSR count). The Balaban J connectivity index is 1.37. The minimum absolute atomic E-state index is 0.0000519. The van der Waals surface area contributed by atoms with E-state index in [1.54, 1.807) is 18.3 Å². The molecule has 2 aliphatic rings. The first-order valence-corrected chi connectivity index (χ1v) is 13.8. The van der Waals surface area contributed by atoms with Gasteiger partial charge in [0.1, 0.15) is 0 Å². The van der Waals surface area contributed by atoms with Crippen molar-refractivity contribution in [2.75, 3.05) is 19.7 Å². The molecule has 0 spiro atoms. The fourth-order valence-electron chi connectivity index (χ4n) is 4.71. The Labute approximate surface area is 198 Å². The minimum Gasteiger partial charge on any atom is -0.460 e. The van der Waals surface area contributed by atoms with E-state index in [0.717, 1.165) is 12.8 Å². The summed E-state index contributed by atoms with van der Waals surface area (Å²) in [4.78, 5) is 26.0. The van der Waals surface area contributed by atoms with Crippen LogP contribution in [0, 0.1) is 11.8 Å². The Morgan fingerprint density at radius 1 is 1.18 bits per heavy atom. The third kappa shape index (κ3) is 5.33. The van der Waals surface area contributed by atoms with Crippen LogP contribution in [0.3, 0.4) is 0 Å². The largest absolute Gasteiger partial charge is 0.460 e. The lowest BCUT2D eigenvalue weighted by Gasteiger charge is -2.32. The van der Waals surface area contributed by atoms with Gasteiger partial charge in [-0.3, -0.25) is 4.79 Å². The highest BCUT2D eigenvalue weighted by Crippen LogP contribution is 2.38. The van der Waals surface area contributed by atoms with Gasteiger partial charge in [0.05, 0.1) is 12.6 Å². The second kappa shape index (κ2) is 10.4. The second-order valence-corrected chi connectivity index (χ2v) is 11.4. The number of esters is 1. The summed E-state index contributed by atoms with van der Waals surface area (Å²) >= 11 is 1.67. The zero-order valence-electron chi connectivity index (χ0n) is 18.7. The van der Waals surface area contributed by atoms with Gasteiger partial charge in [0.15, 0.2) is 0 Å². The maximum absolute atomic E-state index is 13.1. The normalized spacial score (nSPS) is 19.4. The lowest BCUT2D eigenvalue weighted by Crippen LogP contribution is -2.44. The number of piperidine rings is 1. The quantitative estimate of drug-likeness (QED) is 0.557. The molecule has 2 aromatic rings. The Kier molecular flexibility index (Phi) is 7.55. The molecule has 33 heavy (non-hydrogen) atoms. The highest BCUT2D eigenvalue weighted by Gasteiger charge is 2.36. The van der Waals surface area contributed by atoms with E-state index in [4.69, 9.17) is 9.15 Å². The van der Waals surface area contributed by atoms with Gasteiger partial charge in [-0.2, -0.15) is 4.31 Å². The molecule has 1 aliphatic heterocycles. The van der Waals surface area contributed by atoms with E-state index in [-0.39, 0.29) is 48.4 Å². The molecule has 0 radical (unpaired) electrons. The molecule has 0 bridgehead atoms. The molecule has 0 aromatic carbocycles. The molecular weight excluding hydrogens is 464 g/mol. The van der Waals surface area contributed by atoms with Gasteiger partial charge in [-0.15, -0.1) is 11.3 Å². The lowest BCUT2D eigenvalue weighted by molar-refractivity contribution is -0.127. The molecule has 3 heterocycles. The van der Waals surface area contributed by atoms with Gasteiger partial charge in [-0.25, -0.2) is 13.2 Å². The zero-order chi connectivity index (χ0) is 23.4. The molecule has 8 nitrogen and oxygen atoms in total. The van der Waals surface area contributed by atoms with Crippen LogP contribution in [0.2, 0.25) is 0 Å². The third-order valence-electron chi connectivity index (χ3n) is 6.50. The van der Waals surface area contributed by atoms with Gasteiger partial charge in [0.25, 0.3) is 10.0 Å². The highest BCUT2D eigenvalue weighted by atomic mass is 32.2. The fourth-order valence-corrected chi connectivity index (χ4v) is 6.96. The Bertz CT molecular complexity index is 1050. The van der Waals surface area contributed by atoms with Crippen LogP contribution >= 0.6 is 11.3 Å². The number of furan rings is 1. The van der Waals surface area contributed by atoms with Crippen LogP contribution in [-0.2, 0) is 19.6 Å². The summed E-state index contributed by atoms with van der Waals surface area (Å²) in [5.74, 6) is -0.610. The molecule has 2 aromatic heterocycles. The van der Waals surface area contributed by atoms with Crippen LogP contribution in [-0.4, -0.2) is 44.3 Å². The van der Waals surface area contributed by atoms with Crippen molar-refractivity contribution >= 4 is 33.2 Å². The molecule has 1 atom stereocenters. The zero-order valence-corrected chi connectivity index (χ0v) is 20.3. The van der Waals surface area contributed by atoms with E-state index in [9.17, 15) is 18.0 Å². The number of hydrogen-bond donors (Lipinski definition) is 1. The number of carbonyl (C=O) groups is 2. The number of ether oxygens (including phenoxy) is 1. The molecule has 1 amide bonds. The summed E-state index contributed by atoms with van der Waals surface area (Å²) in [6, 6.07) is 6.70.